The Labute approximate surface area is 111 Å². The zero-order chi connectivity index (χ0) is 13.1. The summed E-state index contributed by atoms with van der Waals surface area (Å²) in [5.74, 6) is 0. The van der Waals surface area contributed by atoms with Gasteiger partial charge in [0.05, 0.1) is 26.4 Å². The Kier molecular flexibility index (Phi) is 9.48. The number of rotatable bonds is 4. The van der Waals surface area contributed by atoms with E-state index in [2.05, 4.69) is 0 Å². The van der Waals surface area contributed by atoms with E-state index in [9.17, 15) is 0 Å². The summed E-state index contributed by atoms with van der Waals surface area (Å²) in [6.07, 6.45) is 9.85. The zero-order valence-electron chi connectivity index (χ0n) is 11.9. The highest BCUT2D eigenvalue weighted by atomic mass is 16.6. The maximum Gasteiger partial charge on any atom is 0.104 e. The first kappa shape index (κ1) is 15.9. The average Bonchev–Trinajstić information content (AvgIpc) is 3.29. The fourth-order valence-electron chi connectivity index (χ4n) is 1.76. The van der Waals surface area contributed by atoms with Crippen LogP contribution in [0, 0.1) is 0 Å². The Morgan fingerprint density at radius 3 is 1.11 bits per heavy atom. The second-order valence-corrected chi connectivity index (χ2v) is 4.94. The maximum atomic E-state index is 4.82. The molecule has 2 saturated heterocycles. The highest BCUT2D eigenvalue weighted by molar-refractivity contribution is 4.66. The molecule has 2 unspecified atom stereocenters. The monoisotopic (exact) mass is 260 g/mol. The summed E-state index contributed by atoms with van der Waals surface area (Å²) in [6, 6.07) is 0. The standard InChI is InChI=1S/C6H12.2C4H8O2/c1-2-4-6-5-3-1;2*1-5-2-4-3-6-4/h1-6H2;2*4H,2-3H2,1H3. The minimum atomic E-state index is 0.426. The van der Waals surface area contributed by atoms with Crippen LogP contribution in [-0.2, 0) is 18.9 Å². The molecule has 3 aliphatic rings. The van der Waals surface area contributed by atoms with E-state index in [1.165, 1.54) is 38.5 Å². The molecule has 2 aliphatic heterocycles. The lowest BCUT2D eigenvalue weighted by molar-refractivity contribution is 0.171. The lowest BCUT2D eigenvalue weighted by Crippen LogP contribution is -1.94. The average molecular weight is 260 g/mol. The number of hydrogen-bond donors (Lipinski definition) is 0. The van der Waals surface area contributed by atoms with Crippen LogP contribution in [0.2, 0.25) is 0 Å². The minimum Gasteiger partial charge on any atom is -0.382 e. The fourth-order valence-corrected chi connectivity index (χ4v) is 1.76. The Morgan fingerprint density at radius 1 is 0.722 bits per heavy atom. The zero-order valence-corrected chi connectivity index (χ0v) is 11.9. The first-order valence-electron chi connectivity index (χ1n) is 7.08. The topological polar surface area (TPSA) is 43.5 Å². The van der Waals surface area contributed by atoms with E-state index in [0.29, 0.717) is 12.2 Å². The number of epoxide rings is 2. The van der Waals surface area contributed by atoms with Gasteiger partial charge in [0.1, 0.15) is 12.2 Å². The molecule has 18 heavy (non-hydrogen) atoms. The summed E-state index contributed by atoms with van der Waals surface area (Å²) in [6.45, 7) is 3.32. The van der Waals surface area contributed by atoms with Gasteiger partial charge < -0.3 is 18.9 Å². The van der Waals surface area contributed by atoms with Crippen LogP contribution in [0.25, 0.3) is 0 Å². The van der Waals surface area contributed by atoms with Crippen molar-refractivity contribution in [3.63, 3.8) is 0 Å². The molecule has 4 nitrogen and oxygen atoms in total. The van der Waals surface area contributed by atoms with Gasteiger partial charge in [0.15, 0.2) is 0 Å². The van der Waals surface area contributed by atoms with Gasteiger partial charge in [0.2, 0.25) is 0 Å². The number of ether oxygens (including phenoxy) is 4. The van der Waals surface area contributed by atoms with Crippen LogP contribution in [0.5, 0.6) is 0 Å². The van der Waals surface area contributed by atoms with Crippen LogP contribution in [0.3, 0.4) is 0 Å². The van der Waals surface area contributed by atoms with Crippen molar-refractivity contribution in [1.82, 2.24) is 0 Å². The van der Waals surface area contributed by atoms with Crippen LogP contribution in [-0.4, -0.2) is 52.9 Å². The predicted molar refractivity (Wildman–Crippen MR) is 70.9 cm³/mol. The molecule has 2 atom stereocenters. The van der Waals surface area contributed by atoms with E-state index in [4.69, 9.17) is 18.9 Å². The highest BCUT2D eigenvalue weighted by Crippen LogP contribution is 2.15. The van der Waals surface area contributed by atoms with Crippen LogP contribution in [0.4, 0.5) is 0 Å². The maximum absolute atomic E-state index is 4.82. The second-order valence-electron chi connectivity index (χ2n) is 4.94. The third kappa shape index (κ3) is 11.0. The van der Waals surface area contributed by atoms with Gasteiger partial charge in [-0.05, 0) is 0 Å². The molecular formula is C14H28O4. The summed E-state index contributed by atoms with van der Waals surface area (Å²) in [4.78, 5) is 0. The van der Waals surface area contributed by atoms with E-state index in [1.54, 1.807) is 14.2 Å². The van der Waals surface area contributed by atoms with Crippen molar-refractivity contribution >= 4 is 0 Å². The Morgan fingerprint density at radius 2 is 1.00 bits per heavy atom. The molecule has 1 aliphatic carbocycles. The van der Waals surface area contributed by atoms with Crippen molar-refractivity contribution < 1.29 is 18.9 Å². The van der Waals surface area contributed by atoms with Gasteiger partial charge in [0, 0.05) is 14.2 Å². The van der Waals surface area contributed by atoms with Crippen LogP contribution in [0.1, 0.15) is 38.5 Å². The quantitative estimate of drug-likeness (QED) is 0.728. The molecule has 1 saturated carbocycles. The molecule has 0 N–H and O–H groups in total. The minimum absolute atomic E-state index is 0.426. The predicted octanol–water partition coefficient (Wildman–Crippen LogP) is 2.40. The van der Waals surface area contributed by atoms with Gasteiger partial charge in [-0.25, -0.2) is 0 Å². The van der Waals surface area contributed by atoms with E-state index in [0.717, 1.165) is 26.4 Å². The molecule has 2 heterocycles. The molecular weight excluding hydrogens is 232 g/mol. The third-order valence-corrected chi connectivity index (χ3v) is 3.01. The molecule has 0 aromatic rings. The summed E-state index contributed by atoms with van der Waals surface area (Å²) < 4.78 is 19.1. The molecule has 108 valence electrons. The molecule has 0 amide bonds. The Bertz CT molecular complexity index is 149. The Balaban J connectivity index is 0.000000135. The van der Waals surface area contributed by atoms with E-state index >= 15 is 0 Å². The largest absolute Gasteiger partial charge is 0.382 e. The molecule has 0 radical (unpaired) electrons. The van der Waals surface area contributed by atoms with Crippen LogP contribution < -0.4 is 0 Å². The molecule has 0 aromatic carbocycles. The molecule has 3 rings (SSSR count). The van der Waals surface area contributed by atoms with E-state index in [-0.39, 0.29) is 0 Å². The molecule has 0 spiro atoms. The molecule has 4 heteroatoms. The smallest absolute Gasteiger partial charge is 0.104 e. The van der Waals surface area contributed by atoms with Crippen molar-refractivity contribution in [2.24, 2.45) is 0 Å². The van der Waals surface area contributed by atoms with Crippen molar-refractivity contribution in [3.8, 4) is 0 Å². The SMILES string of the molecule is C1CCCCC1.COCC1CO1.COCC1CO1. The highest BCUT2D eigenvalue weighted by Gasteiger charge is 2.21. The first-order chi connectivity index (χ1) is 8.86. The number of hydrogen-bond acceptors (Lipinski definition) is 4. The van der Waals surface area contributed by atoms with Crippen LogP contribution >= 0.6 is 0 Å². The second kappa shape index (κ2) is 10.7. The number of methoxy groups -OCH3 is 2. The van der Waals surface area contributed by atoms with Gasteiger partial charge in [-0.1, -0.05) is 38.5 Å². The first-order valence-corrected chi connectivity index (χ1v) is 7.08. The van der Waals surface area contributed by atoms with Gasteiger partial charge in [0.25, 0.3) is 0 Å². The summed E-state index contributed by atoms with van der Waals surface area (Å²) in [5, 5.41) is 0. The summed E-state index contributed by atoms with van der Waals surface area (Å²) in [5.41, 5.74) is 0. The van der Waals surface area contributed by atoms with Gasteiger partial charge in [-0.2, -0.15) is 0 Å². The van der Waals surface area contributed by atoms with Crippen molar-refractivity contribution in [3.05, 3.63) is 0 Å². The normalized spacial score (nSPS) is 28.3. The van der Waals surface area contributed by atoms with E-state index < -0.39 is 0 Å². The van der Waals surface area contributed by atoms with Crippen molar-refractivity contribution in [1.29, 1.82) is 0 Å². The summed E-state index contributed by atoms with van der Waals surface area (Å²) >= 11 is 0. The summed E-state index contributed by atoms with van der Waals surface area (Å²) in [7, 11) is 3.36. The van der Waals surface area contributed by atoms with Gasteiger partial charge >= 0.3 is 0 Å². The van der Waals surface area contributed by atoms with E-state index in [1.807, 2.05) is 0 Å². The molecule has 0 aromatic heterocycles. The Hall–Kier alpha value is -0.160. The molecule has 0 bridgehead atoms. The fraction of sp³-hybridized carbons (Fsp3) is 1.00. The van der Waals surface area contributed by atoms with Crippen molar-refractivity contribution in [2.75, 3.05) is 40.6 Å². The van der Waals surface area contributed by atoms with Gasteiger partial charge in [-0.3, -0.25) is 0 Å². The lowest BCUT2D eigenvalue weighted by Gasteiger charge is -2.05. The van der Waals surface area contributed by atoms with Crippen molar-refractivity contribution in [2.45, 2.75) is 50.7 Å². The van der Waals surface area contributed by atoms with Crippen LogP contribution in [0.15, 0.2) is 0 Å². The lowest BCUT2D eigenvalue weighted by atomic mass is 10.0. The van der Waals surface area contributed by atoms with Gasteiger partial charge in [-0.15, -0.1) is 0 Å². The molecule has 3 fully saturated rings. The third-order valence-electron chi connectivity index (χ3n) is 3.01.